The molecule has 0 bridgehead atoms. The first-order valence-electron chi connectivity index (χ1n) is 6.54. The summed E-state index contributed by atoms with van der Waals surface area (Å²) in [5.41, 5.74) is 6.82. The van der Waals surface area contributed by atoms with Crippen LogP contribution in [0.4, 0.5) is 5.69 Å². The maximum Gasteiger partial charge on any atom is 0.254 e. The summed E-state index contributed by atoms with van der Waals surface area (Å²) in [6.07, 6.45) is 1.68. The quantitative estimate of drug-likeness (QED) is 0.583. The number of nitrogens with zero attached hydrogens (tertiary/aromatic N) is 1. The predicted octanol–water partition coefficient (Wildman–Crippen LogP) is 1.94. The number of anilines is 1. The maximum absolute atomic E-state index is 12.5. The van der Waals surface area contributed by atoms with Crippen molar-refractivity contribution in [2.75, 3.05) is 39.1 Å². The number of nitrogens with two attached hydrogens (primary N) is 1. The van der Waals surface area contributed by atoms with Gasteiger partial charge in [0.2, 0.25) is 0 Å². The number of hydrogen-bond donors (Lipinski definition) is 1. The molecule has 110 valence electrons. The second kappa shape index (κ2) is 8.22. The van der Waals surface area contributed by atoms with Crippen molar-refractivity contribution in [3.8, 4) is 5.75 Å². The number of amides is 1. The van der Waals surface area contributed by atoms with Gasteiger partial charge in [0.1, 0.15) is 5.75 Å². The third kappa shape index (κ3) is 4.59. The largest absolute Gasteiger partial charge is 0.494 e. The minimum atomic E-state index is -0.116. The second-order valence-electron chi connectivity index (χ2n) is 4.26. The summed E-state index contributed by atoms with van der Waals surface area (Å²) in [5, 5.41) is 0. The predicted molar refractivity (Wildman–Crippen MR) is 80.0 cm³/mol. The van der Waals surface area contributed by atoms with Gasteiger partial charge in [0.05, 0.1) is 13.2 Å². The van der Waals surface area contributed by atoms with Crippen molar-refractivity contribution in [3.05, 3.63) is 36.4 Å². The standard InChI is InChI=1S/C15H22N2O3/c1-4-6-17(7-8-19-3)15(18)12-9-13(16)11-14(10-12)20-5-2/h4,9-11H,1,5-8,16H2,2-3H3. The van der Waals surface area contributed by atoms with Crippen molar-refractivity contribution >= 4 is 11.6 Å². The van der Waals surface area contributed by atoms with E-state index in [1.165, 1.54) is 0 Å². The van der Waals surface area contributed by atoms with Gasteiger partial charge in [-0.2, -0.15) is 0 Å². The molecule has 1 rings (SSSR count). The van der Waals surface area contributed by atoms with Crippen molar-refractivity contribution in [3.63, 3.8) is 0 Å². The van der Waals surface area contributed by atoms with Crippen LogP contribution in [-0.4, -0.2) is 44.2 Å². The molecule has 5 heteroatoms. The Kier molecular flexibility index (Phi) is 6.59. The first-order chi connectivity index (χ1) is 9.62. The van der Waals surface area contributed by atoms with Gasteiger partial charge < -0.3 is 20.1 Å². The van der Waals surface area contributed by atoms with Crippen LogP contribution >= 0.6 is 0 Å². The zero-order valence-corrected chi connectivity index (χ0v) is 12.1. The number of carbonyl (C=O) groups excluding carboxylic acids is 1. The number of benzene rings is 1. The van der Waals surface area contributed by atoms with Crippen LogP contribution in [0.1, 0.15) is 17.3 Å². The Morgan fingerprint density at radius 1 is 1.45 bits per heavy atom. The van der Waals surface area contributed by atoms with Gasteiger partial charge in [0, 0.05) is 37.5 Å². The van der Waals surface area contributed by atoms with Crippen molar-refractivity contribution in [2.45, 2.75) is 6.92 Å². The Labute approximate surface area is 120 Å². The third-order valence-electron chi connectivity index (χ3n) is 2.69. The van der Waals surface area contributed by atoms with E-state index in [0.29, 0.717) is 43.3 Å². The summed E-state index contributed by atoms with van der Waals surface area (Å²) in [7, 11) is 1.60. The van der Waals surface area contributed by atoms with Crippen molar-refractivity contribution in [1.29, 1.82) is 0 Å². The highest BCUT2D eigenvalue weighted by Crippen LogP contribution is 2.20. The zero-order chi connectivity index (χ0) is 15.0. The van der Waals surface area contributed by atoms with Gasteiger partial charge in [-0.1, -0.05) is 6.08 Å². The Hall–Kier alpha value is -2.01. The van der Waals surface area contributed by atoms with Crippen LogP contribution in [0.3, 0.4) is 0 Å². The van der Waals surface area contributed by atoms with E-state index in [4.69, 9.17) is 15.2 Å². The average molecular weight is 278 g/mol. The van der Waals surface area contributed by atoms with Gasteiger partial charge in [-0.15, -0.1) is 6.58 Å². The Bertz CT molecular complexity index is 460. The normalized spacial score (nSPS) is 10.1. The van der Waals surface area contributed by atoms with Crippen molar-refractivity contribution < 1.29 is 14.3 Å². The Morgan fingerprint density at radius 3 is 2.80 bits per heavy atom. The second-order valence-corrected chi connectivity index (χ2v) is 4.26. The van der Waals surface area contributed by atoms with E-state index in [1.54, 1.807) is 36.3 Å². The molecule has 5 nitrogen and oxygen atoms in total. The lowest BCUT2D eigenvalue weighted by molar-refractivity contribution is 0.0718. The third-order valence-corrected chi connectivity index (χ3v) is 2.69. The van der Waals surface area contributed by atoms with E-state index in [1.807, 2.05) is 6.92 Å². The van der Waals surface area contributed by atoms with Crippen LogP contribution in [0.15, 0.2) is 30.9 Å². The average Bonchev–Trinajstić information content (AvgIpc) is 2.42. The van der Waals surface area contributed by atoms with E-state index >= 15 is 0 Å². The molecule has 0 heterocycles. The molecule has 0 unspecified atom stereocenters. The van der Waals surface area contributed by atoms with Gasteiger partial charge in [-0.05, 0) is 19.1 Å². The highest BCUT2D eigenvalue weighted by atomic mass is 16.5. The van der Waals surface area contributed by atoms with Crippen LogP contribution in [-0.2, 0) is 4.74 Å². The number of rotatable bonds is 8. The molecular weight excluding hydrogens is 256 g/mol. The summed E-state index contributed by atoms with van der Waals surface area (Å²) < 4.78 is 10.4. The maximum atomic E-state index is 12.5. The van der Waals surface area contributed by atoms with Gasteiger partial charge in [0.15, 0.2) is 0 Å². The Morgan fingerprint density at radius 2 is 2.20 bits per heavy atom. The molecule has 0 saturated carbocycles. The lowest BCUT2D eigenvalue weighted by atomic mass is 10.1. The smallest absolute Gasteiger partial charge is 0.254 e. The minimum Gasteiger partial charge on any atom is -0.494 e. The van der Waals surface area contributed by atoms with Crippen LogP contribution < -0.4 is 10.5 Å². The van der Waals surface area contributed by atoms with Crippen LogP contribution in [0, 0.1) is 0 Å². The molecule has 0 aliphatic carbocycles. The molecule has 0 radical (unpaired) electrons. The monoisotopic (exact) mass is 278 g/mol. The molecular formula is C15H22N2O3. The topological polar surface area (TPSA) is 64.8 Å². The van der Waals surface area contributed by atoms with Gasteiger partial charge in [-0.3, -0.25) is 4.79 Å². The van der Waals surface area contributed by atoms with Gasteiger partial charge in [-0.25, -0.2) is 0 Å². The number of ether oxygens (including phenoxy) is 2. The highest BCUT2D eigenvalue weighted by molar-refractivity contribution is 5.95. The molecule has 0 spiro atoms. The molecule has 1 amide bonds. The molecule has 1 aromatic carbocycles. The first-order valence-corrected chi connectivity index (χ1v) is 6.54. The fourth-order valence-electron chi connectivity index (χ4n) is 1.81. The Balaban J connectivity index is 2.94. The molecule has 0 aliphatic rings. The summed E-state index contributed by atoms with van der Waals surface area (Å²) in [6.45, 7) is 7.50. The van der Waals surface area contributed by atoms with Gasteiger partial charge >= 0.3 is 0 Å². The van der Waals surface area contributed by atoms with Crippen LogP contribution in [0.2, 0.25) is 0 Å². The molecule has 0 saturated heterocycles. The molecule has 0 atom stereocenters. The van der Waals surface area contributed by atoms with E-state index in [0.717, 1.165) is 0 Å². The summed E-state index contributed by atoms with van der Waals surface area (Å²) in [4.78, 5) is 14.1. The fourth-order valence-corrected chi connectivity index (χ4v) is 1.81. The first kappa shape index (κ1) is 16.0. The molecule has 1 aromatic rings. The lowest BCUT2D eigenvalue weighted by Crippen LogP contribution is -2.34. The van der Waals surface area contributed by atoms with Gasteiger partial charge in [0.25, 0.3) is 5.91 Å². The SMILES string of the molecule is C=CCN(CCOC)C(=O)c1cc(N)cc(OCC)c1. The number of methoxy groups -OCH3 is 1. The highest BCUT2D eigenvalue weighted by Gasteiger charge is 2.15. The number of carbonyl (C=O) groups is 1. The molecule has 0 aromatic heterocycles. The summed E-state index contributed by atoms with van der Waals surface area (Å²) in [6, 6.07) is 5.05. The fraction of sp³-hybridized carbons (Fsp3) is 0.400. The van der Waals surface area contributed by atoms with Crippen LogP contribution in [0.5, 0.6) is 5.75 Å². The zero-order valence-electron chi connectivity index (χ0n) is 12.1. The van der Waals surface area contributed by atoms with E-state index in [-0.39, 0.29) is 5.91 Å². The van der Waals surface area contributed by atoms with E-state index in [2.05, 4.69) is 6.58 Å². The lowest BCUT2D eigenvalue weighted by Gasteiger charge is -2.21. The van der Waals surface area contributed by atoms with Crippen molar-refractivity contribution in [1.82, 2.24) is 4.90 Å². The molecule has 20 heavy (non-hydrogen) atoms. The number of nitrogen functional groups attached to an aromatic ring is 1. The molecule has 2 N–H and O–H groups in total. The van der Waals surface area contributed by atoms with E-state index in [9.17, 15) is 4.79 Å². The molecule has 0 fully saturated rings. The minimum absolute atomic E-state index is 0.116. The number of hydrogen-bond acceptors (Lipinski definition) is 4. The molecule has 0 aliphatic heterocycles. The van der Waals surface area contributed by atoms with Crippen LogP contribution in [0.25, 0.3) is 0 Å². The summed E-state index contributed by atoms with van der Waals surface area (Å²) >= 11 is 0. The summed E-state index contributed by atoms with van der Waals surface area (Å²) in [5.74, 6) is 0.483. The van der Waals surface area contributed by atoms with E-state index < -0.39 is 0 Å². The van der Waals surface area contributed by atoms with Crippen molar-refractivity contribution in [2.24, 2.45) is 0 Å².